The number of nitrogens with zero attached hydrogens (tertiary/aromatic N) is 1. The summed E-state index contributed by atoms with van der Waals surface area (Å²) in [6.07, 6.45) is 5.94. The predicted molar refractivity (Wildman–Crippen MR) is 116 cm³/mol. The first-order valence-corrected chi connectivity index (χ1v) is 10.5. The summed E-state index contributed by atoms with van der Waals surface area (Å²) in [6.45, 7) is 1.43. The van der Waals surface area contributed by atoms with Gasteiger partial charge in [-0.1, -0.05) is 52.5 Å². The average Bonchev–Trinajstić information content (AvgIpc) is 2.98. The monoisotopic (exact) mass is 460 g/mol. The molecule has 28 heavy (non-hydrogen) atoms. The van der Waals surface area contributed by atoms with Gasteiger partial charge in [0, 0.05) is 28.1 Å². The molecule has 146 valence electrons. The fraction of sp³-hybridized carbons (Fsp3) is 0.273. The number of hydrogen-bond acceptors (Lipinski definition) is 2. The fourth-order valence-corrected chi connectivity index (χ4v) is 3.51. The van der Waals surface area contributed by atoms with Gasteiger partial charge >= 0.3 is 0 Å². The van der Waals surface area contributed by atoms with Gasteiger partial charge in [0.1, 0.15) is 5.70 Å². The van der Waals surface area contributed by atoms with Gasteiger partial charge in [0.2, 0.25) is 0 Å². The zero-order valence-electron chi connectivity index (χ0n) is 15.5. The van der Waals surface area contributed by atoms with E-state index in [4.69, 9.17) is 11.6 Å². The van der Waals surface area contributed by atoms with Crippen LogP contribution in [-0.4, -0.2) is 29.8 Å². The number of nitrogens with one attached hydrogen (secondary N) is 1. The quantitative estimate of drug-likeness (QED) is 0.630. The van der Waals surface area contributed by atoms with Gasteiger partial charge in [0.05, 0.1) is 0 Å². The van der Waals surface area contributed by atoms with E-state index in [2.05, 4.69) is 21.2 Å². The number of benzene rings is 2. The van der Waals surface area contributed by atoms with Gasteiger partial charge in [0.15, 0.2) is 0 Å². The standard InChI is InChI=1S/C22H22BrClN2O2/c23-18-9-7-17(8-10-18)21(27)25-20(15-16-5-11-19(24)12-6-16)22(28)26-13-3-1-2-4-14-26/h5-12,15H,1-4,13-14H2,(H,25,27)/b20-15-. The maximum Gasteiger partial charge on any atom is 0.270 e. The summed E-state index contributed by atoms with van der Waals surface area (Å²) < 4.78 is 0.890. The summed E-state index contributed by atoms with van der Waals surface area (Å²) in [7, 11) is 0. The molecule has 0 aliphatic carbocycles. The molecule has 2 amide bonds. The van der Waals surface area contributed by atoms with E-state index in [0.717, 1.165) is 35.7 Å². The molecule has 6 heteroatoms. The van der Waals surface area contributed by atoms with Crippen LogP contribution >= 0.6 is 27.5 Å². The fourth-order valence-electron chi connectivity index (χ4n) is 3.12. The van der Waals surface area contributed by atoms with Gasteiger partial charge in [-0.2, -0.15) is 0 Å². The summed E-state index contributed by atoms with van der Waals surface area (Å²) in [5.74, 6) is -0.460. The van der Waals surface area contributed by atoms with Crippen molar-refractivity contribution in [1.29, 1.82) is 0 Å². The summed E-state index contributed by atoms with van der Waals surface area (Å²) in [4.78, 5) is 27.7. The number of halogens is 2. The lowest BCUT2D eigenvalue weighted by Crippen LogP contribution is -2.39. The number of likely N-dealkylation sites (tertiary alicyclic amines) is 1. The zero-order valence-corrected chi connectivity index (χ0v) is 17.8. The van der Waals surface area contributed by atoms with Crippen LogP contribution in [0, 0.1) is 0 Å². The van der Waals surface area contributed by atoms with Gasteiger partial charge in [-0.3, -0.25) is 9.59 Å². The lowest BCUT2D eigenvalue weighted by atomic mass is 10.1. The number of carbonyl (C=O) groups is 2. The van der Waals surface area contributed by atoms with Crippen molar-refractivity contribution in [3.63, 3.8) is 0 Å². The molecule has 1 fully saturated rings. The van der Waals surface area contributed by atoms with Crippen molar-refractivity contribution in [3.8, 4) is 0 Å². The topological polar surface area (TPSA) is 49.4 Å². The van der Waals surface area contributed by atoms with Gasteiger partial charge in [0.25, 0.3) is 11.8 Å². The van der Waals surface area contributed by atoms with Crippen LogP contribution in [0.15, 0.2) is 58.7 Å². The van der Waals surface area contributed by atoms with E-state index in [1.54, 1.807) is 42.5 Å². The van der Waals surface area contributed by atoms with Crippen LogP contribution in [-0.2, 0) is 4.79 Å². The van der Waals surface area contributed by atoms with Crippen LogP contribution < -0.4 is 5.32 Å². The Kier molecular flexibility index (Phi) is 7.29. The summed E-state index contributed by atoms with van der Waals surface area (Å²) in [6, 6.07) is 14.2. The third-order valence-corrected chi connectivity index (χ3v) is 5.44. The first kappa shape index (κ1) is 20.6. The van der Waals surface area contributed by atoms with Crippen LogP contribution in [0.3, 0.4) is 0 Å². The Morgan fingerprint density at radius 3 is 2.14 bits per heavy atom. The maximum atomic E-state index is 13.2. The van der Waals surface area contributed by atoms with Crippen LogP contribution in [0.25, 0.3) is 6.08 Å². The third kappa shape index (κ3) is 5.69. The van der Waals surface area contributed by atoms with Gasteiger partial charge in [-0.25, -0.2) is 0 Å². The molecular weight excluding hydrogens is 440 g/mol. The molecule has 0 bridgehead atoms. The van der Waals surface area contributed by atoms with Crippen LogP contribution in [0.1, 0.15) is 41.6 Å². The third-order valence-electron chi connectivity index (χ3n) is 4.66. The first-order valence-electron chi connectivity index (χ1n) is 9.36. The molecule has 1 saturated heterocycles. The molecule has 1 N–H and O–H groups in total. The van der Waals surface area contributed by atoms with Crippen molar-refractivity contribution >= 4 is 45.4 Å². The lowest BCUT2D eigenvalue weighted by Gasteiger charge is -2.22. The summed E-state index contributed by atoms with van der Waals surface area (Å²) in [5.41, 5.74) is 1.57. The Balaban J connectivity index is 1.86. The minimum absolute atomic E-state index is 0.151. The van der Waals surface area contributed by atoms with Gasteiger partial charge < -0.3 is 10.2 Å². The zero-order chi connectivity index (χ0) is 19.9. The highest BCUT2D eigenvalue weighted by atomic mass is 79.9. The molecule has 1 aliphatic rings. The molecule has 2 aromatic carbocycles. The highest BCUT2D eigenvalue weighted by molar-refractivity contribution is 9.10. The molecular formula is C22H22BrClN2O2. The highest BCUT2D eigenvalue weighted by Crippen LogP contribution is 2.17. The Morgan fingerprint density at radius 2 is 1.54 bits per heavy atom. The summed E-state index contributed by atoms with van der Waals surface area (Å²) >= 11 is 9.32. The Bertz CT molecular complexity index is 855. The molecule has 2 aromatic rings. The molecule has 0 aromatic heterocycles. The van der Waals surface area contributed by atoms with Crippen LogP contribution in [0.5, 0.6) is 0 Å². The van der Waals surface area contributed by atoms with Gasteiger partial charge in [-0.15, -0.1) is 0 Å². The van der Waals surface area contributed by atoms with Crippen molar-refractivity contribution in [2.24, 2.45) is 0 Å². The number of carbonyl (C=O) groups excluding carboxylic acids is 2. The van der Waals surface area contributed by atoms with Crippen molar-refractivity contribution < 1.29 is 9.59 Å². The average molecular weight is 462 g/mol. The Hall–Kier alpha value is -2.11. The highest BCUT2D eigenvalue weighted by Gasteiger charge is 2.21. The molecule has 0 atom stereocenters. The molecule has 0 spiro atoms. The van der Waals surface area contributed by atoms with E-state index in [0.29, 0.717) is 23.7 Å². The minimum Gasteiger partial charge on any atom is -0.337 e. The second-order valence-corrected chi connectivity index (χ2v) is 8.13. The first-order chi connectivity index (χ1) is 13.5. The van der Waals surface area contributed by atoms with Crippen LogP contribution in [0.4, 0.5) is 0 Å². The molecule has 3 rings (SSSR count). The maximum absolute atomic E-state index is 13.2. The normalized spacial score (nSPS) is 15.1. The summed E-state index contributed by atoms with van der Waals surface area (Å²) in [5, 5.41) is 3.44. The second kappa shape index (κ2) is 9.89. The molecule has 0 unspecified atom stereocenters. The van der Waals surface area contributed by atoms with Crippen molar-refractivity contribution in [2.45, 2.75) is 25.7 Å². The van der Waals surface area contributed by atoms with Crippen molar-refractivity contribution in [1.82, 2.24) is 10.2 Å². The number of hydrogen-bond donors (Lipinski definition) is 1. The van der Waals surface area contributed by atoms with Gasteiger partial charge in [-0.05, 0) is 60.9 Å². The Morgan fingerprint density at radius 1 is 0.929 bits per heavy atom. The van der Waals surface area contributed by atoms with Crippen molar-refractivity contribution in [2.75, 3.05) is 13.1 Å². The van der Waals surface area contributed by atoms with Crippen LogP contribution in [0.2, 0.25) is 5.02 Å². The van der Waals surface area contributed by atoms with E-state index < -0.39 is 0 Å². The number of rotatable bonds is 4. The molecule has 1 heterocycles. The SMILES string of the molecule is O=C(N/C(=C\c1ccc(Cl)cc1)C(=O)N1CCCCCC1)c1ccc(Br)cc1. The molecule has 0 radical (unpaired) electrons. The predicted octanol–water partition coefficient (Wildman–Crippen LogP) is 5.28. The molecule has 1 aliphatic heterocycles. The minimum atomic E-state index is -0.309. The molecule has 0 saturated carbocycles. The van der Waals surface area contributed by atoms with Crippen molar-refractivity contribution in [3.05, 3.63) is 74.9 Å². The lowest BCUT2D eigenvalue weighted by molar-refractivity contribution is -0.127. The molecule has 4 nitrogen and oxygen atoms in total. The Labute approximate surface area is 178 Å². The largest absolute Gasteiger partial charge is 0.337 e. The van der Waals surface area contributed by atoms with E-state index in [1.165, 1.54) is 0 Å². The smallest absolute Gasteiger partial charge is 0.270 e. The van der Waals surface area contributed by atoms with E-state index in [9.17, 15) is 9.59 Å². The van der Waals surface area contributed by atoms with E-state index in [1.807, 2.05) is 17.0 Å². The number of amides is 2. The van der Waals surface area contributed by atoms with E-state index in [-0.39, 0.29) is 17.5 Å². The second-order valence-electron chi connectivity index (χ2n) is 6.78. The van der Waals surface area contributed by atoms with E-state index >= 15 is 0 Å².